The van der Waals surface area contributed by atoms with Crippen LogP contribution in [0.25, 0.3) is 0 Å². The molecule has 0 unspecified atom stereocenters. The van der Waals surface area contributed by atoms with E-state index < -0.39 is 36.0 Å². The fraction of sp³-hybridized carbons (Fsp3) is 0.846. The van der Waals surface area contributed by atoms with Gasteiger partial charge in [-0.25, -0.2) is 0 Å². The summed E-state index contributed by atoms with van der Waals surface area (Å²) >= 11 is 0. The van der Waals surface area contributed by atoms with Crippen LogP contribution in [-0.2, 0) is 23.8 Å². The molecule has 3 atom stereocenters. The Morgan fingerprint density at radius 3 is 1.95 bits per heavy atom. The van der Waals surface area contributed by atoms with Gasteiger partial charge in [0.2, 0.25) is 0 Å². The van der Waals surface area contributed by atoms with Crippen LogP contribution >= 0.6 is 0 Å². The smallest absolute Gasteiger partial charge is 0.302 e. The van der Waals surface area contributed by atoms with Gasteiger partial charge in [-0.1, -0.05) is 0 Å². The highest BCUT2D eigenvalue weighted by molar-refractivity contribution is 5.66. The minimum absolute atomic E-state index is 0.111. The summed E-state index contributed by atoms with van der Waals surface area (Å²) in [6.07, 6.45) is -3.45. The van der Waals surface area contributed by atoms with E-state index in [0.717, 1.165) is 0 Å². The van der Waals surface area contributed by atoms with E-state index in [1.165, 1.54) is 27.7 Å². The number of rotatable bonds is 9. The number of esters is 2. The third-order valence-corrected chi connectivity index (χ3v) is 2.31. The summed E-state index contributed by atoms with van der Waals surface area (Å²) in [7, 11) is 0. The molecule has 0 spiro atoms. The molecule has 124 valence electrons. The summed E-state index contributed by atoms with van der Waals surface area (Å²) in [5, 5.41) is 29.3. The first-order valence-corrected chi connectivity index (χ1v) is 6.54. The molecule has 3 N–H and O–H groups in total. The lowest BCUT2D eigenvalue weighted by atomic mass is 10.1. The van der Waals surface area contributed by atoms with Crippen LogP contribution in [0.1, 0.15) is 34.1 Å². The zero-order valence-corrected chi connectivity index (χ0v) is 12.7. The normalized spacial score (nSPS) is 16.0. The van der Waals surface area contributed by atoms with Crippen molar-refractivity contribution in [3.05, 3.63) is 0 Å². The quantitative estimate of drug-likeness (QED) is 0.379. The molecule has 8 heteroatoms. The molecule has 21 heavy (non-hydrogen) atoms. The number of aliphatic hydroxyl groups excluding tert-OH is 2. The zero-order chi connectivity index (χ0) is 16.6. The molecule has 0 aromatic carbocycles. The maximum absolute atomic E-state index is 10.7. The van der Waals surface area contributed by atoms with Crippen molar-refractivity contribution < 1.29 is 39.1 Å². The molecule has 0 aliphatic rings. The summed E-state index contributed by atoms with van der Waals surface area (Å²) in [5.74, 6) is -2.67. The second-order valence-electron chi connectivity index (χ2n) is 5.17. The fourth-order valence-electron chi connectivity index (χ4n) is 1.51. The summed E-state index contributed by atoms with van der Waals surface area (Å²) in [6.45, 7) is 4.51. The lowest BCUT2D eigenvalue weighted by Gasteiger charge is -2.30. The van der Waals surface area contributed by atoms with Crippen molar-refractivity contribution >= 4 is 11.9 Å². The Morgan fingerprint density at radius 2 is 1.52 bits per heavy atom. The maximum Gasteiger partial charge on any atom is 0.302 e. The molecular formula is C13H24O8. The highest BCUT2D eigenvalue weighted by atomic mass is 16.6. The number of hydrogen-bond acceptors (Lipinski definition) is 8. The van der Waals surface area contributed by atoms with Gasteiger partial charge in [0.1, 0.15) is 19.3 Å². The number of aliphatic hydroxyl groups is 3. The summed E-state index contributed by atoms with van der Waals surface area (Å²) < 4.78 is 14.5. The van der Waals surface area contributed by atoms with Crippen molar-refractivity contribution in [1.82, 2.24) is 0 Å². The molecule has 8 nitrogen and oxygen atoms in total. The lowest BCUT2D eigenvalue weighted by molar-refractivity contribution is -0.235. The average Bonchev–Trinajstić information content (AvgIpc) is 2.30. The maximum atomic E-state index is 10.7. The Morgan fingerprint density at radius 1 is 1.05 bits per heavy atom. The second-order valence-corrected chi connectivity index (χ2v) is 5.17. The molecule has 0 heterocycles. The average molecular weight is 308 g/mol. The minimum Gasteiger partial charge on any atom is -0.463 e. The van der Waals surface area contributed by atoms with Crippen molar-refractivity contribution in [2.45, 2.75) is 58.2 Å². The van der Waals surface area contributed by atoms with Crippen LogP contribution in [0.2, 0.25) is 0 Å². The van der Waals surface area contributed by atoms with Gasteiger partial charge in [0.25, 0.3) is 0 Å². The Bertz CT molecular complexity index is 336. The van der Waals surface area contributed by atoms with Crippen LogP contribution in [0.5, 0.6) is 0 Å². The minimum atomic E-state index is -1.55. The predicted molar refractivity (Wildman–Crippen MR) is 71.1 cm³/mol. The monoisotopic (exact) mass is 308 g/mol. The molecule has 0 aliphatic heterocycles. The molecule has 0 bridgehead atoms. The molecule has 0 rings (SSSR count). The van der Waals surface area contributed by atoms with Crippen LogP contribution < -0.4 is 0 Å². The Hall–Kier alpha value is -1.22. The lowest BCUT2D eigenvalue weighted by Crippen LogP contribution is -2.42. The van der Waals surface area contributed by atoms with Crippen LogP contribution in [-0.4, -0.2) is 64.6 Å². The van der Waals surface area contributed by atoms with E-state index in [4.69, 9.17) is 4.74 Å². The van der Waals surface area contributed by atoms with E-state index >= 15 is 0 Å². The summed E-state index contributed by atoms with van der Waals surface area (Å²) in [6, 6.07) is 0. The van der Waals surface area contributed by atoms with Crippen molar-refractivity contribution in [2.75, 3.05) is 13.2 Å². The standard InChI is InChI=1S/C13H24O8/c1-8(14)19-6-10(16)5-12(21-13(3,4)18)11(17)7-20-9(2)15/h10-12,16-18H,5-7H2,1-4H3/t10-,11+,12-/m0/s1. The van der Waals surface area contributed by atoms with E-state index in [0.29, 0.717) is 0 Å². The van der Waals surface area contributed by atoms with Crippen LogP contribution in [0.4, 0.5) is 0 Å². The number of ether oxygens (including phenoxy) is 3. The molecule has 0 saturated heterocycles. The van der Waals surface area contributed by atoms with E-state index in [2.05, 4.69) is 9.47 Å². The first kappa shape index (κ1) is 19.8. The Kier molecular flexibility index (Phi) is 8.41. The van der Waals surface area contributed by atoms with Crippen molar-refractivity contribution in [1.29, 1.82) is 0 Å². The number of carbonyl (C=O) groups is 2. The fourth-order valence-corrected chi connectivity index (χ4v) is 1.51. The molecule has 0 amide bonds. The number of hydrogen-bond donors (Lipinski definition) is 3. The van der Waals surface area contributed by atoms with Gasteiger partial charge in [-0.3, -0.25) is 9.59 Å². The molecule has 0 aliphatic carbocycles. The highest BCUT2D eigenvalue weighted by Gasteiger charge is 2.30. The van der Waals surface area contributed by atoms with Gasteiger partial charge in [-0.2, -0.15) is 0 Å². The van der Waals surface area contributed by atoms with Crippen molar-refractivity contribution in [3.63, 3.8) is 0 Å². The second kappa shape index (κ2) is 8.93. The van der Waals surface area contributed by atoms with E-state index in [9.17, 15) is 24.9 Å². The van der Waals surface area contributed by atoms with Gasteiger partial charge in [0, 0.05) is 20.3 Å². The van der Waals surface area contributed by atoms with Gasteiger partial charge in [0.15, 0.2) is 5.79 Å². The van der Waals surface area contributed by atoms with Gasteiger partial charge in [0.05, 0.1) is 12.2 Å². The molecule has 0 aromatic heterocycles. The first-order valence-electron chi connectivity index (χ1n) is 6.54. The number of carbonyl (C=O) groups excluding carboxylic acids is 2. The van der Waals surface area contributed by atoms with E-state index in [1.807, 2.05) is 0 Å². The van der Waals surface area contributed by atoms with Gasteiger partial charge >= 0.3 is 11.9 Å². The van der Waals surface area contributed by atoms with Crippen LogP contribution in [0.3, 0.4) is 0 Å². The molecule has 0 radical (unpaired) electrons. The summed E-state index contributed by atoms with van der Waals surface area (Å²) in [5.41, 5.74) is 0. The predicted octanol–water partition coefficient (Wildman–Crippen LogP) is -0.662. The third kappa shape index (κ3) is 11.1. The Labute approximate surface area is 123 Å². The Balaban J connectivity index is 4.57. The molecule has 0 fully saturated rings. The van der Waals surface area contributed by atoms with Crippen molar-refractivity contribution in [2.24, 2.45) is 0 Å². The van der Waals surface area contributed by atoms with Crippen molar-refractivity contribution in [3.8, 4) is 0 Å². The van der Waals surface area contributed by atoms with E-state index in [1.54, 1.807) is 0 Å². The van der Waals surface area contributed by atoms with Crippen LogP contribution in [0, 0.1) is 0 Å². The van der Waals surface area contributed by atoms with Gasteiger partial charge in [-0.15, -0.1) is 0 Å². The zero-order valence-electron chi connectivity index (χ0n) is 12.7. The van der Waals surface area contributed by atoms with Gasteiger partial charge < -0.3 is 29.5 Å². The molecule has 0 saturated carbocycles. The molecular weight excluding hydrogens is 284 g/mol. The SMILES string of the molecule is CC(=O)OC[C@@H](O)C[C@H](OC(C)(C)O)[C@H](O)COC(C)=O. The first-order chi connectivity index (χ1) is 9.51. The van der Waals surface area contributed by atoms with E-state index in [-0.39, 0.29) is 19.6 Å². The highest BCUT2D eigenvalue weighted by Crippen LogP contribution is 2.16. The summed E-state index contributed by atoms with van der Waals surface area (Å²) in [4.78, 5) is 21.4. The molecule has 0 aromatic rings. The largest absolute Gasteiger partial charge is 0.463 e. The van der Waals surface area contributed by atoms with Crippen LogP contribution in [0.15, 0.2) is 0 Å². The topological polar surface area (TPSA) is 123 Å². The van der Waals surface area contributed by atoms with Gasteiger partial charge in [-0.05, 0) is 13.8 Å². The third-order valence-electron chi connectivity index (χ3n) is 2.31.